The molecule has 0 saturated carbocycles. The van der Waals surface area contributed by atoms with Crippen LogP contribution in [-0.2, 0) is 6.54 Å². The third-order valence-electron chi connectivity index (χ3n) is 3.80. The topological polar surface area (TPSA) is 59.6 Å². The number of aliphatic imine (C=N–C) groups is 1. The van der Waals surface area contributed by atoms with E-state index in [1.165, 1.54) is 5.56 Å². The number of nitrogens with two attached hydrogens (primary N) is 1. The fourth-order valence-electron chi connectivity index (χ4n) is 2.70. The van der Waals surface area contributed by atoms with Crippen molar-refractivity contribution >= 4 is 5.96 Å². The molecule has 0 amide bonds. The van der Waals surface area contributed by atoms with Gasteiger partial charge in [0.2, 0.25) is 0 Å². The Bertz CT molecular complexity index is 682. The molecular weight excluding hydrogens is 274 g/mol. The molecule has 0 bridgehead atoms. The smallest absolute Gasteiger partial charge is 0.189 e. The van der Waals surface area contributed by atoms with E-state index in [1.807, 2.05) is 24.3 Å². The number of nitrogens with zero attached hydrogens (tertiary/aromatic N) is 1. The van der Waals surface area contributed by atoms with Crippen LogP contribution in [0.2, 0.25) is 0 Å². The van der Waals surface area contributed by atoms with Crippen molar-refractivity contribution in [3.05, 3.63) is 65.2 Å². The number of hydrogen-bond donors (Lipinski definition) is 2. The van der Waals surface area contributed by atoms with Crippen LogP contribution in [0.4, 0.5) is 0 Å². The van der Waals surface area contributed by atoms with Gasteiger partial charge in [-0.2, -0.15) is 0 Å². The summed E-state index contributed by atoms with van der Waals surface area (Å²) in [4.78, 5) is 4.45. The van der Waals surface area contributed by atoms with Crippen molar-refractivity contribution in [2.24, 2.45) is 10.7 Å². The highest BCUT2D eigenvalue weighted by Gasteiger charge is 2.21. The fourth-order valence-corrected chi connectivity index (χ4v) is 2.70. The molecule has 0 saturated heterocycles. The number of fused-ring (bicyclic) bond motifs is 1. The monoisotopic (exact) mass is 295 g/mol. The lowest BCUT2D eigenvalue weighted by atomic mass is 10.0. The summed E-state index contributed by atoms with van der Waals surface area (Å²) in [6.45, 7) is 3.36. The van der Waals surface area contributed by atoms with E-state index < -0.39 is 0 Å². The average molecular weight is 295 g/mol. The van der Waals surface area contributed by atoms with Crippen molar-refractivity contribution in [2.45, 2.75) is 25.9 Å². The first-order valence-electron chi connectivity index (χ1n) is 7.56. The van der Waals surface area contributed by atoms with Gasteiger partial charge in [0, 0.05) is 12.0 Å². The standard InChI is InChI=1S/C18H21N3O/c1-13-5-4-6-14(11-13)12-20-18(19)21-16-9-10-22-17-8-3-2-7-15(16)17/h2-8,11,16H,9-10,12H2,1H3,(H3,19,20,21). The Morgan fingerprint density at radius 3 is 3.00 bits per heavy atom. The summed E-state index contributed by atoms with van der Waals surface area (Å²) in [7, 11) is 0. The third kappa shape index (κ3) is 3.39. The predicted octanol–water partition coefficient (Wildman–Crippen LogP) is 2.92. The molecule has 2 aromatic carbocycles. The molecule has 1 aliphatic heterocycles. The summed E-state index contributed by atoms with van der Waals surface area (Å²) in [6, 6.07) is 16.5. The number of hydrogen-bond acceptors (Lipinski definition) is 2. The SMILES string of the molecule is Cc1cccc(CN=C(N)NC2CCOc3ccccc32)c1. The zero-order chi connectivity index (χ0) is 15.4. The van der Waals surface area contributed by atoms with Crippen LogP contribution in [0, 0.1) is 6.92 Å². The predicted molar refractivity (Wildman–Crippen MR) is 88.9 cm³/mol. The Balaban J connectivity index is 1.67. The van der Waals surface area contributed by atoms with Gasteiger partial charge in [0.25, 0.3) is 0 Å². The van der Waals surface area contributed by atoms with Crippen LogP contribution < -0.4 is 15.8 Å². The number of rotatable bonds is 3. The number of benzene rings is 2. The largest absolute Gasteiger partial charge is 0.493 e. The summed E-state index contributed by atoms with van der Waals surface area (Å²) >= 11 is 0. The minimum atomic E-state index is 0.159. The highest BCUT2D eigenvalue weighted by Crippen LogP contribution is 2.31. The molecule has 3 N–H and O–H groups in total. The van der Waals surface area contributed by atoms with Crippen LogP contribution >= 0.6 is 0 Å². The van der Waals surface area contributed by atoms with Crippen molar-refractivity contribution < 1.29 is 4.74 Å². The minimum absolute atomic E-state index is 0.159. The number of nitrogens with one attached hydrogen (secondary N) is 1. The zero-order valence-corrected chi connectivity index (χ0v) is 12.8. The highest BCUT2D eigenvalue weighted by atomic mass is 16.5. The Morgan fingerprint density at radius 1 is 1.27 bits per heavy atom. The second-order valence-corrected chi connectivity index (χ2v) is 5.56. The third-order valence-corrected chi connectivity index (χ3v) is 3.80. The van der Waals surface area contributed by atoms with Crippen LogP contribution in [0.5, 0.6) is 5.75 Å². The lowest BCUT2D eigenvalue weighted by Gasteiger charge is -2.26. The normalized spacial score (nSPS) is 17.5. The van der Waals surface area contributed by atoms with E-state index >= 15 is 0 Å². The zero-order valence-electron chi connectivity index (χ0n) is 12.8. The van der Waals surface area contributed by atoms with Gasteiger partial charge in [-0.3, -0.25) is 0 Å². The molecule has 0 spiro atoms. The second-order valence-electron chi connectivity index (χ2n) is 5.56. The molecule has 1 heterocycles. The van der Waals surface area contributed by atoms with Gasteiger partial charge in [0.05, 0.1) is 19.2 Å². The van der Waals surface area contributed by atoms with Crippen molar-refractivity contribution in [1.29, 1.82) is 0 Å². The van der Waals surface area contributed by atoms with E-state index in [-0.39, 0.29) is 6.04 Å². The number of aryl methyl sites for hydroxylation is 1. The van der Waals surface area contributed by atoms with Crippen molar-refractivity contribution in [3.8, 4) is 5.75 Å². The molecule has 0 aromatic heterocycles. The molecule has 1 unspecified atom stereocenters. The van der Waals surface area contributed by atoms with E-state index in [0.29, 0.717) is 19.1 Å². The molecule has 2 aromatic rings. The summed E-state index contributed by atoms with van der Waals surface area (Å²) in [5, 5.41) is 3.31. The molecule has 4 heteroatoms. The molecule has 4 nitrogen and oxygen atoms in total. The Morgan fingerprint density at radius 2 is 2.14 bits per heavy atom. The van der Waals surface area contributed by atoms with E-state index in [0.717, 1.165) is 23.3 Å². The minimum Gasteiger partial charge on any atom is -0.493 e. The van der Waals surface area contributed by atoms with Gasteiger partial charge in [-0.05, 0) is 18.6 Å². The van der Waals surface area contributed by atoms with Crippen molar-refractivity contribution in [2.75, 3.05) is 6.61 Å². The van der Waals surface area contributed by atoms with Gasteiger partial charge < -0.3 is 15.8 Å². The van der Waals surface area contributed by atoms with Gasteiger partial charge >= 0.3 is 0 Å². The van der Waals surface area contributed by atoms with E-state index in [1.54, 1.807) is 0 Å². The average Bonchev–Trinajstić information content (AvgIpc) is 2.53. The maximum Gasteiger partial charge on any atom is 0.189 e. The summed E-state index contributed by atoms with van der Waals surface area (Å²) in [5.41, 5.74) is 9.58. The van der Waals surface area contributed by atoms with Crippen LogP contribution in [0.3, 0.4) is 0 Å². The first kappa shape index (κ1) is 14.4. The molecule has 1 atom stereocenters. The Kier molecular flexibility index (Phi) is 4.28. The molecule has 22 heavy (non-hydrogen) atoms. The molecular formula is C18H21N3O. The number of para-hydroxylation sites is 1. The first-order valence-corrected chi connectivity index (χ1v) is 7.56. The molecule has 1 aliphatic rings. The fraction of sp³-hybridized carbons (Fsp3) is 0.278. The highest BCUT2D eigenvalue weighted by molar-refractivity contribution is 5.78. The van der Waals surface area contributed by atoms with Crippen molar-refractivity contribution in [1.82, 2.24) is 5.32 Å². The molecule has 0 aliphatic carbocycles. The summed E-state index contributed by atoms with van der Waals surface area (Å²) < 4.78 is 5.66. The van der Waals surface area contributed by atoms with Crippen LogP contribution in [0.25, 0.3) is 0 Å². The summed E-state index contributed by atoms with van der Waals surface area (Å²) in [6.07, 6.45) is 0.887. The van der Waals surface area contributed by atoms with Gasteiger partial charge in [0.15, 0.2) is 5.96 Å². The molecule has 0 radical (unpaired) electrons. The number of guanidine groups is 1. The van der Waals surface area contributed by atoms with Gasteiger partial charge in [0.1, 0.15) is 5.75 Å². The lowest BCUT2D eigenvalue weighted by Crippen LogP contribution is -2.37. The molecule has 3 rings (SSSR count). The summed E-state index contributed by atoms with van der Waals surface area (Å²) in [5.74, 6) is 1.40. The van der Waals surface area contributed by atoms with Crippen LogP contribution in [0.1, 0.15) is 29.2 Å². The number of ether oxygens (including phenoxy) is 1. The van der Waals surface area contributed by atoms with E-state index in [4.69, 9.17) is 10.5 Å². The quantitative estimate of drug-likeness (QED) is 0.676. The maximum atomic E-state index is 6.05. The maximum absolute atomic E-state index is 6.05. The molecule has 114 valence electrons. The van der Waals surface area contributed by atoms with Gasteiger partial charge in [-0.25, -0.2) is 4.99 Å². The van der Waals surface area contributed by atoms with Crippen molar-refractivity contribution in [3.63, 3.8) is 0 Å². The first-order chi connectivity index (χ1) is 10.7. The van der Waals surface area contributed by atoms with E-state index in [9.17, 15) is 0 Å². The molecule has 0 fully saturated rings. The van der Waals surface area contributed by atoms with Crippen LogP contribution in [-0.4, -0.2) is 12.6 Å². The van der Waals surface area contributed by atoms with Gasteiger partial charge in [-0.15, -0.1) is 0 Å². The van der Waals surface area contributed by atoms with E-state index in [2.05, 4.69) is 41.5 Å². The van der Waals surface area contributed by atoms with Gasteiger partial charge in [-0.1, -0.05) is 48.0 Å². The Labute approximate surface area is 131 Å². The second kappa shape index (κ2) is 6.52. The van der Waals surface area contributed by atoms with Crippen LogP contribution in [0.15, 0.2) is 53.5 Å². The Hall–Kier alpha value is -2.49. The lowest BCUT2D eigenvalue weighted by molar-refractivity contribution is 0.262.